The molecule has 0 saturated carbocycles. The quantitative estimate of drug-likeness (QED) is 0.330. The van der Waals surface area contributed by atoms with Crippen LogP contribution < -0.4 is 15.5 Å². The van der Waals surface area contributed by atoms with Crippen LogP contribution in [0.1, 0.15) is 30.4 Å². The molecule has 7 nitrogen and oxygen atoms in total. The Kier molecular flexibility index (Phi) is 9.37. The van der Waals surface area contributed by atoms with Crippen LogP contribution in [0.15, 0.2) is 66.7 Å². The number of rotatable bonds is 10. The molecule has 37 heavy (non-hydrogen) atoms. The number of carbonyl (C=O) groups is 3. The zero-order valence-corrected chi connectivity index (χ0v) is 23.3. The Labute approximate surface area is 226 Å². The van der Waals surface area contributed by atoms with Gasteiger partial charge in [-0.3, -0.25) is 4.79 Å². The van der Waals surface area contributed by atoms with Gasteiger partial charge in [0.2, 0.25) is 0 Å². The van der Waals surface area contributed by atoms with Crippen LogP contribution in [0.2, 0.25) is 5.21 Å². The first-order chi connectivity index (χ1) is 17.9. The van der Waals surface area contributed by atoms with Crippen LogP contribution in [0.3, 0.4) is 0 Å². The molecule has 3 N–H and O–H groups in total. The van der Waals surface area contributed by atoms with Crippen molar-refractivity contribution in [2.75, 3.05) is 18.0 Å². The number of carbonyl (C=O) groups excluding carboxylic acids is 3. The predicted octanol–water partition coefficient (Wildman–Crippen LogP) is 2.16. The average Bonchev–Trinajstić information content (AvgIpc) is 3.07. The third kappa shape index (κ3) is 7.21. The van der Waals surface area contributed by atoms with Gasteiger partial charge in [-0.2, -0.15) is 0 Å². The summed E-state index contributed by atoms with van der Waals surface area (Å²) in [5, 5.41) is 18.3. The number of amides is 3. The standard InChI is InChI=1S/C29H34AsN3O4/c30-18-24(34)19-31-29(37)25(17-20-12-13-21-6-1-2-8-23(21)16-20)32-27(35)14-15-33-26-10-4-3-7-22(26)9-5-11-28(33)36/h1-4,6-8,10,12-13,16,24-25,34H,5,9,11,14-15,17-19,30H2,(H,31,37)(H,32,35). The maximum absolute atomic E-state index is 13.0. The number of nitrogens with zero attached hydrogens (tertiary/aromatic N) is 1. The van der Waals surface area contributed by atoms with Crippen molar-refractivity contribution in [2.24, 2.45) is 0 Å². The first-order valence-electron chi connectivity index (χ1n) is 12.8. The number of nitrogens with one attached hydrogen (secondary N) is 2. The van der Waals surface area contributed by atoms with E-state index in [0.29, 0.717) is 18.1 Å². The van der Waals surface area contributed by atoms with Gasteiger partial charge in [-0.05, 0) is 24.5 Å². The number of aryl methyl sites for hydroxylation is 1. The molecular formula is C29H34AsN3O4. The van der Waals surface area contributed by atoms with Gasteiger partial charge < -0.3 is 0 Å². The Bertz CT molecular complexity index is 1260. The van der Waals surface area contributed by atoms with Gasteiger partial charge in [0.1, 0.15) is 0 Å². The minimum atomic E-state index is -0.796. The fourth-order valence-electron chi connectivity index (χ4n) is 4.65. The van der Waals surface area contributed by atoms with Crippen molar-refractivity contribution in [2.45, 2.75) is 49.5 Å². The van der Waals surface area contributed by atoms with Crippen molar-refractivity contribution in [3.63, 3.8) is 0 Å². The monoisotopic (exact) mass is 563 g/mol. The van der Waals surface area contributed by atoms with Crippen LogP contribution in [0.25, 0.3) is 10.8 Å². The van der Waals surface area contributed by atoms with Crippen molar-refractivity contribution >= 4 is 51.0 Å². The van der Waals surface area contributed by atoms with Gasteiger partial charge in [-0.25, -0.2) is 0 Å². The van der Waals surface area contributed by atoms with E-state index in [4.69, 9.17) is 0 Å². The van der Waals surface area contributed by atoms with Crippen LogP contribution in [-0.2, 0) is 27.2 Å². The number of para-hydroxylation sites is 1. The maximum atomic E-state index is 13.0. The van der Waals surface area contributed by atoms with E-state index >= 15 is 0 Å². The topological polar surface area (TPSA) is 98.7 Å². The van der Waals surface area contributed by atoms with Crippen LogP contribution >= 0.6 is 0 Å². The molecule has 1 aliphatic heterocycles. The Hall–Kier alpha value is -3.15. The first-order valence-corrected chi connectivity index (χ1v) is 14.5. The zero-order valence-electron chi connectivity index (χ0n) is 20.9. The average molecular weight is 564 g/mol. The molecule has 0 saturated heterocycles. The fraction of sp³-hybridized carbons (Fsp3) is 0.345. The van der Waals surface area contributed by atoms with Gasteiger partial charge in [0, 0.05) is 6.42 Å². The second-order valence-electron chi connectivity index (χ2n) is 9.42. The van der Waals surface area contributed by atoms with Crippen LogP contribution in [0, 0.1) is 0 Å². The van der Waals surface area contributed by atoms with Gasteiger partial charge in [-0.1, -0.05) is 24.3 Å². The van der Waals surface area contributed by atoms with Gasteiger partial charge in [0.15, 0.2) is 0 Å². The molecule has 3 atom stereocenters. The molecule has 0 radical (unpaired) electrons. The minimum absolute atomic E-state index is 0.0124. The fourth-order valence-corrected chi connectivity index (χ4v) is 5.00. The van der Waals surface area contributed by atoms with Crippen LogP contribution in [-0.4, -0.2) is 64.9 Å². The predicted molar refractivity (Wildman–Crippen MR) is 148 cm³/mol. The Balaban J connectivity index is 1.45. The second-order valence-corrected chi connectivity index (χ2v) is 10.4. The van der Waals surface area contributed by atoms with E-state index in [1.54, 1.807) is 4.90 Å². The van der Waals surface area contributed by atoms with Crippen LogP contribution in [0.5, 0.6) is 0 Å². The summed E-state index contributed by atoms with van der Waals surface area (Å²) in [7, 11) is 0. The molecule has 0 aromatic heterocycles. The summed E-state index contributed by atoms with van der Waals surface area (Å²) in [5.41, 5.74) is 2.90. The number of anilines is 1. The number of fused-ring (bicyclic) bond motifs is 2. The van der Waals surface area contributed by atoms with Gasteiger partial charge >= 0.3 is 167 Å². The molecule has 0 fully saturated rings. The molecule has 4 rings (SSSR count). The Morgan fingerprint density at radius 2 is 1.76 bits per heavy atom. The van der Waals surface area contributed by atoms with Crippen molar-refractivity contribution in [3.05, 3.63) is 77.9 Å². The third-order valence-corrected chi connectivity index (χ3v) is 7.81. The van der Waals surface area contributed by atoms with Gasteiger partial charge in [0.25, 0.3) is 0 Å². The molecule has 3 unspecified atom stereocenters. The van der Waals surface area contributed by atoms with E-state index in [0.717, 1.165) is 40.4 Å². The molecule has 3 aromatic rings. The summed E-state index contributed by atoms with van der Waals surface area (Å²) in [6.07, 6.45) is 1.86. The molecule has 0 bridgehead atoms. The summed E-state index contributed by atoms with van der Waals surface area (Å²) in [6.45, 7) is 0.392. The van der Waals surface area contributed by atoms with Gasteiger partial charge in [0.05, 0.1) is 0 Å². The van der Waals surface area contributed by atoms with Crippen molar-refractivity contribution < 1.29 is 19.5 Å². The van der Waals surface area contributed by atoms with Crippen molar-refractivity contribution in [1.82, 2.24) is 10.6 Å². The molecule has 3 aromatic carbocycles. The molecule has 0 aliphatic carbocycles. The summed E-state index contributed by atoms with van der Waals surface area (Å²) >= 11 is 1.39. The summed E-state index contributed by atoms with van der Waals surface area (Å²) in [4.78, 5) is 40.5. The van der Waals surface area contributed by atoms with E-state index in [-0.39, 0.29) is 37.2 Å². The number of aliphatic hydroxyl groups is 1. The summed E-state index contributed by atoms with van der Waals surface area (Å²) in [6, 6.07) is 21.0. The van der Waals surface area contributed by atoms with Crippen molar-refractivity contribution in [1.29, 1.82) is 0 Å². The van der Waals surface area contributed by atoms with Crippen molar-refractivity contribution in [3.8, 4) is 0 Å². The number of hydrogen-bond acceptors (Lipinski definition) is 4. The Morgan fingerprint density at radius 1 is 1.00 bits per heavy atom. The molecule has 8 heteroatoms. The second kappa shape index (κ2) is 12.9. The van der Waals surface area contributed by atoms with E-state index in [9.17, 15) is 19.5 Å². The summed E-state index contributed by atoms with van der Waals surface area (Å²) < 4.78 is 0. The van der Waals surface area contributed by atoms with Gasteiger partial charge in [-0.15, -0.1) is 0 Å². The molecule has 1 heterocycles. The molecule has 1 aliphatic rings. The molecule has 194 valence electrons. The number of hydrogen-bond donors (Lipinski definition) is 3. The first kappa shape index (κ1) is 26.9. The molecule has 0 spiro atoms. The normalized spacial score (nSPS) is 15.0. The summed E-state index contributed by atoms with van der Waals surface area (Å²) in [5.74, 6) is -0.620. The van der Waals surface area contributed by atoms with Crippen LogP contribution in [0.4, 0.5) is 5.69 Å². The Morgan fingerprint density at radius 3 is 2.57 bits per heavy atom. The zero-order chi connectivity index (χ0) is 26.2. The molecule has 3 amide bonds. The van der Waals surface area contributed by atoms with E-state index in [2.05, 4.69) is 10.6 Å². The number of aliphatic hydroxyl groups excluding tert-OH is 1. The van der Waals surface area contributed by atoms with E-state index < -0.39 is 12.1 Å². The van der Waals surface area contributed by atoms with E-state index in [1.807, 2.05) is 66.7 Å². The number of benzene rings is 3. The molecular weight excluding hydrogens is 529 g/mol. The van der Waals surface area contributed by atoms with E-state index in [1.165, 1.54) is 16.9 Å². The SMILES string of the molecule is O=C(CCN1C(=O)CCCc2ccccc21)NC(Cc1ccc2ccccc2c1)C(=O)NCC(O)C[AsH2]. The third-order valence-electron chi connectivity index (χ3n) is 6.67.